The standard InChI is InChI=1S/C9H5ClNS2/c10-8-5-11-6-3-1-2-4-7(6)12-9(11)13-8/h1-5H/q+1. The molecule has 0 bridgehead atoms. The van der Waals surface area contributed by atoms with Crippen molar-refractivity contribution < 1.29 is 4.40 Å². The fourth-order valence-corrected chi connectivity index (χ4v) is 3.98. The molecular weight excluding hydrogens is 222 g/mol. The van der Waals surface area contributed by atoms with E-state index in [4.69, 9.17) is 11.6 Å². The van der Waals surface area contributed by atoms with Crippen molar-refractivity contribution in [2.45, 2.75) is 0 Å². The van der Waals surface area contributed by atoms with Crippen molar-refractivity contribution in [3.8, 4) is 0 Å². The Bertz CT molecular complexity index is 581. The molecule has 1 aromatic carbocycles. The van der Waals surface area contributed by atoms with Crippen LogP contribution in [0.1, 0.15) is 0 Å². The number of thiazole rings is 2. The van der Waals surface area contributed by atoms with Crippen molar-refractivity contribution in [2.24, 2.45) is 0 Å². The van der Waals surface area contributed by atoms with Crippen LogP contribution in [0, 0.1) is 0 Å². The first-order valence-corrected chi connectivity index (χ1v) is 5.84. The maximum Gasteiger partial charge on any atom is 0.327 e. The number of halogens is 1. The van der Waals surface area contributed by atoms with Gasteiger partial charge in [-0.1, -0.05) is 35.1 Å². The van der Waals surface area contributed by atoms with Crippen LogP contribution in [0.25, 0.3) is 14.4 Å². The third-order valence-electron chi connectivity index (χ3n) is 1.93. The summed E-state index contributed by atoms with van der Waals surface area (Å²) < 4.78 is 5.54. The SMILES string of the molecule is Clc1c[n+]2c(s1)sc1ccccc12. The van der Waals surface area contributed by atoms with E-state index in [0.717, 1.165) is 4.34 Å². The van der Waals surface area contributed by atoms with Crippen LogP contribution in [0.5, 0.6) is 0 Å². The first-order valence-electron chi connectivity index (χ1n) is 3.83. The van der Waals surface area contributed by atoms with Crippen LogP contribution in [0.3, 0.4) is 0 Å². The van der Waals surface area contributed by atoms with Gasteiger partial charge in [-0.25, -0.2) is 0 Å². The molecule has 1 nitrogen and oxygen atoms in total. The average Bonchev–Trinajstić information content (AvgIpc) is 2.60. The molecule has 0 radical (unpaired) electrons. The maximum absolute atomic E-state index is 5.93. The second-order valence-corrected chi connectivity index (χ2v) is 5.69. The molecule has 2 heterocycles. The van der Waals surface area contributed by atoms with Gasteiger partial charge in [-0.2, -0.15) is 0 Å². The zero-order valence-electron chi connectivity index (χ0n) is 6.53. The van der Waals surface area contributed by atoms with Crippen LogP contribution in [0.15, 0.2) is 30.5 Å². The van der Waals surface area contributed by atoms with E-state index in [2.05, 4.69) is 22.6 Å². The summed E-state index contributed by atoms with van der Waals surface area (Å²) in [7, 11) is 0. The molecule has 3 rings (SSSR count). The second kappa shape index (κ2) is 2.67. The van der Waals surface area contributed by atoms with E-state index in [1.165, 1.54) is 14.4 Å². The maximum atomic E-state index is 5.93. The number of hydrogen-bond acceptors (Lipinski definition) is 2. The van der Waals surface area contributed by atoms with E-state index in [9.17, 15) is 0 Å². The number of nitrogens with zero attached hydrogens (tertiary/aromatic N) is 1. The molecule has 2 aromatic heterocycles. The highest BCUT2D eigenvalue weighted by atomic mass is 35.5. The Morgan fingerprint density at radius 2 is 2.00 bits per heavy atom. The predicted molar refractivity (Wildman–Crippen MR) is 57.9 cm³/mol. The Morgan fingerprint density at radius 3 is 2.92 bits per heavy atom. The zero-order chi connectivity index (χ0) is 8.84. The molecule has 3 aromatic rings. The van der Waals surface area contributed by atoms with Crippen LogP contribution in [-0.4, -0.2) is 0 Å². The number of benzene rings is 1. The van der Waals surface area contributed by atoms with Crippen LogP contribution in [-0.2, 0) is 0 Å². The fourth-order valence-electron chi connectivity index (χ4n) is 1.39. The lowest BCUT2D eigenvalue weighted by atomic mass is 10.3. The molecule has 0 aliphatic carbocycles. The van der Waals surface area contributed by atoms with Gasteiger partial charge in [-0.05, 0) is 17.4 Å². The largest absolute Gasteiger partial charge is 0.327 e. The molecule has 0 fully saturated rings. The van der Waals surface area contributed by atoms with Crippen LogP contribution < -0.4 is 4.40 Å². The van der Waals surface area contributed by atoms with Gasteiger partial charge in [-0.3, -0.25) is 0 Å². The lowest BCUT2D eigenvalue weighted by Gasteiger charge is -1.78. The Morgan fingerprint density at radius 1 is 1.15 bits per heavy atom. The zero-order valence-corrected chi connectivity index (χ0v) is 8.92. The van der Waals surface area contributed by atoms with Crippen LogP contribution in [0.4, 0.5) is 0 Å². The minimum Gasteiger partial charge on any atom is -0.138 e. The van der Waals surface area contributed by atoms with Gasteiger partial charge in [0.05, 0.1) is 0 Å². The first kappa shape index (κ1) is 7.74. The molecule has 0 saturated heterocycles. The third kappa shape index (κ3) is 1.08. The minimum atomic E-state index is 0.844. The van der Waals surface area contributed by atoms with E-state index in [-0.39, 0.29) is 0 Å². The highest BCUT2D eigenvalue weighted by Gasteiger charge is 2.16. The molecule has 0 amide bonds. The van der Waals surface area contributed by atoms with Crippen molar-refractivity contribution in [2.75, 3.05) is 0 Å². The summed E-state index contributed by atoms with van der Waals surface area (Å²) >= 11 is 9.33. The molecular formula is C9H5ClNS2+. The van der Waals surface area contributed by atoms with E-state index < -0.39 is 0 Å². The van der Waals surface area contributed by atoms with E-state index in [0.29, 0.717) is 0 Å². The second-order valence-electron chi connectivity index (χ2n) is 2.74. The number of fused-ring (bicyclic) bond motifs is 3. The Kier molecular flexibility index (Phi) is 1.59. The van der Waals surface area contributed by atoms with E-state index >= 15 is 0 Å². The van der Waals surface area contributed by atoms with Gasteiger partial charge in [0, 0.05) is 6.07 Å². The summed E-state index contributed by atoms with van der Waals surface area (Å²) in [5.41, 5.74) is 1.24. The molecule has 0 aliphatic heterocycles. The van der Waals surface area contributed by atoms with Gasteiger partial charge in [0.15, 0.2) is 4.34 Å². The highest BCUT2D eigenvalue weighted by molar-refractivity contribution is 7.39. The van der Waals surface area contributed by atoms with Gasteiger partial charge >= 0.3 is 4.14 Å². The molecule has 0 unspecified atom stereocenters. The molecule has 0 spiro atoms. The Labute approximate surface area is 87.8 Å². The third-order valence-corrected chi connectivity index (χ3v) is 4.37. The van der Waals surface area contributed by atoms with Crippen molar-refractivity contribution in [1.29, 1.82) is 0 Å². The summed E-state index contributed by atoms with van der Waals surface area (Å²) in [6, 6.07) is 8.35. The summed E-state index contributed by atoms with van der Waals surface area (Å²) in [5, 5.41) is 0. The number of hydrogen-bond donors (Lipinski definition) is 0. The topological polar surface area (TPSA) is 4.10 Å². The van der Waals surface area contributed by atoms with Crippen LogP contribution >= 0.6 is 34.3 Å². The molecule has 4 heteroatoms. The predicted octanol–water partition coefficient (Wildman–Crippen LogP) is 3.35. The highest BCUT2D eigenvalue weighted by Crippen LogP contribution is 2.28. The molecule has 0 N–H and O–H groups in total. The molecule has 0 atom stereocenters. The van der Waals surface area contributed by atoms with Gasteiger partial charge < -0.3 is 0 Å². The fraction of sp³-hybridized carbons (Fsp3) is 0. The summed E-state index contributed by atoms with van der Waals surface area (Å²) in [6.07, 6.45) is 1.97. The van der Waals surface area contributed by atoms with Crippen molar-refractivity contribution in [1.82, 2.24) is 0 Å². The van der Waals surface area contributed by atoms with Crippen molar-refractivity contribution >= 4 is 48.6 Å². The minimum absolute atomic E-state index is 0.844. The number of aromatic nitrogens is 1. The molecule has 0 aliphatic rings. The smallest absolute Gasteiger partial charge is 0.138 e. The average molecular weight is 227 g/mol. The van der Waals surface area contributed by atoms with Crippen molar-refractivity contribution in [3.05, 3.63) is 34.8 Å². The summed E-state index contributed by atoms with van der Waals surface area (Å²) in [5.74, 6) is 0. The van der Waals surface area contributed by atoms with Gasteiger partial charge in [0.2, 0.25) is 11.7 Å². The first-order chi connectivity index (χ1) is 6.34. The molecule has 13 heavy (non-hydrogen) atoms. The molecule has 0 saturated carbocycles. The molecule has 64 valence electrons. The van der Waals surface area contributed by atoms with Gasteiger partial charge in [0.1, 0.15) is 4.70 Å². The lowest BCUT2D eigenvalue weighted by Crippen LogP contribution is -2.13. The number of para-hydroxylation sites is 1. The normalized spacial score (nSPS) is 11.5. The van der Waals surface area contributed by atoms with Gasteiger partial charge in [-0.15, -0.1) is 4.40 Å². The summed E-state index contributed by atoms with van der Waals surface area (Å²) in [6.45, 7) is 0. The van der Waals surface area contributed by atoms with Crippen molar-refractivity contribution in [3.63, 3.8) is 0 Å². The van der Waals surface area contributed by atoms with Crippen LogP contribution in [0.2, 0.25) is 4.34 Å². The van der Waals surface area contributed by atoms with E-state index in [1.807, 2.05) is 12.3 Å². The quantitative estimate of drug-likeness (QED) is 0.518. The van der Waals surface area contributed by atoms with E-state index in [1.54, 1.807) is 22.7 Å². The van der Waals surface area contributed by atoms with Gasteiger partial charge in [0.25, 0.3) is 0 Å². The monoisotopic (exact) mass is 226 g/mol. The Hall–Kier alpha value is -0.640. The summed E-state index contributed by atoms with van der Waals surface area (Å²) in [4.78, 5) is 0. The number of rotatable bonds is 0. The lowest BCUT2D eigenvalue weighted by molar-refractivity contribution is -0.472. The Balaban J connectivity index is 2.60.